The fourth-order valence-corrected chi connectivity index (χ4v) is 2.84. The molecule has 0 spiro atoms. The number of nitrogens with zero attached hydrogens (tertiary/aromatic N) is 1. The molecule has 0 aromatic heterocycles. The highest BCUT2D eigenvalue weighted by molar-refractivity contribution is 8.00. The SMILES string of the molecule is NOC(=O)C1CS[C@@H]2CC(=O)N12. The molecule has 0 aliphatic carbocycles. The average molecular weight is 188 g/mol. The van der Waals surface area contributed by atoms with Gasteiger partial charge >= 0.3 is 5.97 Å². The number of hydrogen-bond donors (Lipinski definition) is 1. The van der Waals surface area contributed by atoms with Crippen LogP contribution < -0.4 is 5.90 Å². The molecule has 2 heterocycles. The molecule has 0 aromatic carbocycles. The van der Waals surface area contributed by atoms with Gasteiger partial charge in [0.2, 0.25) is 5.91 Å². The Bertz CT molecular complexity index is 245. The quantitative estimate of drug-likeness (QED) is 0.425. The van der Waals surface area contributed by atoms with Gasteiger partial charge in [-0.15, -0.1) is 11.8 Å². The molecule has 0 saturated carbocycles. The summed E-state index contributed by atoms with van der Waals surface area (Å²) in [5.41, 5.74) is 0. The third kappa shape index (κ3) is 0.914. The summed E-state index contributed by atoms with van der Waals surface area (Å²) < 4.78 is 0. The maximum Gasteiger partial charge on any atom is 0.348 e. The smallest absolute Gasteiger partial charge is 0.348 e. The second-order valence-corrected chi connectivity index (χ2v) is 3.96. The molecule has 2 atom stereocenters. The topological polar surface area (TPSA) is 72.6 Å². The summed E-state index contributed by atoms with van der Waals surface area (Å²) in [7, 11) is 0. The van der Waals surface area contributed by atoms with Crippen LogP contribution in [-0.2, 0) is 14.4 Å². The minimum Gasteiger partial charge on any atom is -0.372 e. The Balaban J connectivity index is 2.08. The molecule has 1 unspecified atom stereocenters. The van der Waals surface area contributed by atoms with E-state index in [9.17, 15) is 9.59 Å². The molecule has 5 nitrogen and oxygen atoms in total. The number of hydrogen-bond acceptors (Lipinski definition) is 5. The van der Waals surface area contributed by atoms with E-state index >= 15 is 0 Å². The standard InChI is InChI=1S/C6H8N2O3S/c7-11-6(10)3-2-12-5-1-4(9)8(3)5/h3,5H,1-2,7H2/t3?,5-/m1/s1. The van der Waals surface area contributed by atoms with E-state index in [0.29, 0.717) is 12.2 Å². The number of nitrogens with two attached hydrogens (primary N) is 1. The van der Waals surface area contributed by atoms with Crippen LogP contribution in [0.1, 0.15) is 6.42 Å². The van der Waals surface area contributed by atoms with Crippen molar-refractivity contribution >= 4 is 23.6 Å². The molecule has 6 heteroatoms. The lowest BCUT2D eigenvalue weighted by molar-refractivity contribution is -0.159. The first-order valence-electron chi connectivity index (χ1n) is 3.57. The van der Waals surface area contributed by atoms with Gasteiger partial charge in [0.15, 0.2) is 0 Å². The summed E-state index contributed by atoms with van der Waals surface area (Å²) in [4.78, 5) is 27.6. The van der Waals surface area contributed by atoms with E-state index in [-0.39, 0.29) is 11.3 Å². The molecule has 0 bridgehead atoms. The number of amides is 1. The third-order valence-corrected chi connectivity index (χ3v) is 3.40. The molecule has 2 saturated heterocycles. The largest absolute Gasteiger partial charge is 0.372 e. The monoisotopic (exact) mass is 188 g/mol. The fourth-order valence-electron chi connectivity index (χ4n) is 1.46. The van der Waals surface area contributed by atoms with Crippen LogP contribution in [0.2, 0.25) is 0 Å². The second-order valence-electron chi connectivity index (χ2n) is 2.75. The molecule has 12 heavy (non-hydrogen) atoms. The number of carbonyl (C=O) groups is 2. The summed E-state index contributed by atoms with van der Waals surface area (Å²) in [6.07, 6.45) is 0.541. The van der Waals surface area contributed by atoms with Crippen LogP contribution >= 0.6 is 11.8 Å². The molecule has 0 aromatic rings. The van der Waals surface area contributed by atoms with Gasteiger partial charge in [-0.1, -0.05) is 0 Å². The van der Waals surface area contributed by atoms with E-state index in [1.54, 1.807) is 16.7 Å². The molecular weight excluding hydrogens is 180 g/mol. The van der Waals surface area contributed by atoms with Crippen LogP contribution in [0.15, 0.2) is 0 Å². The van der Waals surface area contributed by atoms with Gasteiger partial charge in [0.25, 0.3) is 0 Å². The lowest BCUT2D eigenvalue weighted by atomic mass is 10.1. The molecule has 2 rings (SSSR count). The van der Waals surface area contributed by atoms with Gasteiger partial charge in [-0.05, 0) is 0 Å². The lowest BCUT2D eigenvalue weighted by Gasteiger charge is -2.35. The predicted molar refractivity (Wildman–Crippen MR) is 41.8 cm³/mol. The Morgan fingerprint density at radius 3 is 3.08 bits per heavy atom. The van der Waals surface area contributed by atoms with Crippen molar-refractivity contribution in [3.63, 3.8) is 0 Å². The summed E-state index contributed by atoms with van der Waals surface area (Å²) in [5, 5.41) is 0.182. The Morgan fingerprint density at radius 1 is 1.75 bits per heavy atom. The van der Waals surface area contributed by atoms with Crippen molar-refractivity contribution in [2.24, 2.45) is 5.90 Å². The highest BCUT2D eigenvalue weighted by atomic mass is 32.2. The second kappa shape index (κ2) is 2.63. The Kier molecular flexibility index (Phi) is 1.73. The van der Waals surface area contributed by atoms with Crippen molar-refractivity contribution in [1.29, 1.82) is 0 Å². The molecule has 0 radical (unpaired) electrons. The number of carbonyl (C=O) groups excluding carboxylic acids is 2. The van der Waals surface area contributed by atoms with Gasteiger partial charge in [0.1, 0.15) is 6.04 Å². The first-order chi connectivity index (χ1) is 5.74. The minimum atomic E-state index is -0.516. The van der Waals surface area contributed by atoms with E-state index in [1.165, 1.54) is 0 Å². The van der Waals surface area contributed by atoms with Crippen LogP contribution in [0.3, 0.4) is 0 Å². The van der Waals surface area contributed by atoms with Crippen molar-refractivity contribution in [2.75, 3.05) is 5.75 Å². The number of fused-ring (bicyclic) bond motifs is 1. The van der Waals surface area contributed by atoms with E-state index < -0.39 is 12.0 Å². The predicted octanol–water partition coefficient (Wildman–Crippen LogP) is -0.923. The molecule has 2 aliphatic rings. The van der Waals surface area contributed by atoms with E-state index in [4.69, 9.17) is 5.90 Å². The van der Waals surface area contributed by atoms with E-state index in [2.05, 4.69) is 4.84 Å². The summed E-state index contributed by atoms with van der Waals surface area (Å²) in [5.74, 6) is 4.83. The van der Waals surface area contributed by atoms with Crippen molar-refractivity contribution in [1.82, 2.24) is 4.90 Å². The molecule has 1 amide bonds. The van der Waals surface area contributed by atoms with Crippen LogP contribution in [0.4, 0.5) is 0 Å². The van der Waals surface area contributed by atoms with Crippen LogP contribution in [-0.4, -0.2) is 33.9 Å². The number of rotatable bonds is 1. The summed E-state index contributed by atoms with van der Waals surface area (Å²) >= 11 is 1.60. The maximum absolute atomic E-state index is 11.0. The fraction of sp³-hybridized carbons (Fsp3) is 0.667. The zero-order valence-electron chi connectivity index (χ0n) is 6.23. The zero-order valence-corrected chi connectivity index (χ0v) is 7.04. The van der Waals surface area contributed by atoms with Gasteiger partial charge in [0, 0.05) is 5.75 Å². The minimum absolute atomic E-state index is 0.0143. The van der Waals surface area contributed by atoms with Crippen molar-refractivity contribution in [2.45, 2.75) is 17.8 Å². The summed E-state index contributed by atoms with van der Waals surface area (Å²) in [6, 6.07) is -0.453. The number of thioether (sulfide) groups is 1. The first kappa shape index (κ1) is 7.88. The zero-order chi connectivity index (χ0) is 8.72. The molecule has 2 aliphatic heterocycles. The van der Waals surface area contributed by atoms with Crippen LogP contribution in [0.5, 0.6) is 0 Å². The molecular formula is C6H8N2O3S. The normalized spacial score (nSPS) is 32.8. The Morgan fingerprint density at radius 2 is 2.50 bits per heavy atom. The highest BCUT2D eigenvalue weighted by Crippen LogP contribution is 2.39. The Labute approximate surface area is 73.2 Å². The summed E-state index contributed by atoms with van der Waals surface area (Å²) in [6.45, 7) is 0. The third-order valence-electron chi connectivity index (χ3n) is 2.12. The first-order valence-corrected chi connectivity index (χ1v) is 4.62. The van der Waals surface area contributed by atoms with Crippen LogP contribution in [0.25, 0.3) is 0 Å². The van der Waals surface area contributed by atoms with Gasteiger partial charge < -0.3 is 9.74 Å². The van der Waals surface area contributed by atoms with Crippen molar-refractivity contribution < 1.29 is 14.4 Å². The van der Waals surface area contributed by atoms with Gasteiger partial charge in [0.05, 0.1) is 11.8 Å². The molecule has 2 fully saturated rings. The number of β-lactam (4-membered cyclic amide) rings is 1. The van der Waals surface area contributed by atoms with Crippen LogP contribution in [0, 0.1) is 0 Å². The van der Waals surface area contributed by atoms with Crippen molar-refractivity contribution in [3.8, 4) is 0 Å². The average Bonchev–Trinajstić information content (AvgIpc) is 2.40. The van der Waals surface area contributed by atoms with Gasteiger partial charge in [-0.25, -0.2) is 4.79 Å². The highest BCUT2D eigenvalue weighted by Gasteiger charge is 2.49. The molecule has 2 N–H and O–H groups in total. The van der Waals surface area contributed by atoms with Gasteiger partial charge in [-0.2, -0.15) is 5.90 Å². The lowest BCUT2D eigenvalue weighted by Crippen LogP contribution is -2.54. The molecule has 66 valence electrons. The van der Waals surface area contributed by atoms with Crippen molar-refractivity contribution in [3.05, 3.63) is 0 Å². The maximum atomic E-state index is 11.0. The van der Waals surface area contributed by atoms with Gasteiger partial charge in [-0.3, -0.25) is 4.79 Å². The van der Waals surface area contributed by atoms with E-state index in [0.717, 1.165) is 0 Å². The Hall–Kier alpha value is -0.750. The van der Waals surface area contributed by atoms with E-state index in [1.807, 2.05) is 0 Å².